The fraction of sp³-hybridized carbons (Fsp3) is 0.933. The first-order chi connectivity index (χ1) is 8.63. The van der Waals surface area contributed by atoms with Crippen LogP contribution in [-0.4, -0.2) is 29.4 Å². The Labute approximate surface area is 111 Å². The fourth-order valence-electron chi connectivity index (χ4n) is 3.80. The van der Waals surface area contributed by atoms with Crippen LogP contribution in [0.5, 0.6) is 0 Å². The molecule has 0 aromatic carbocycles. The minimum atomic E-state index is 0.246. The second-order valence-corrected chi connectivity index (χ2v) is 6.34. The molecule has 1 aliphatic heterocycles. The second kappa shape index (κ2) is 6.05. The largest absolute Gasteiger partial charge is 0.337 e. The molecule has 3 heteroatoms. The highest BCUT2D eigenvalue weighted by atomic mass is 16.2. The van der Waals surface area contributed by atoms with E-state index in [0.29, 0.717) is 23.9 Å². The second-order valence-electron chi connectivity index (χ2n) is 6.34. The van der Waals surface area contributed by atoms with Crippen molar-refractivity contribution in [3.05, 3.63) is 0 Å². The van der Waals surface area contributed by atoms with Gasteiger partial charge in [-0.2, -0.15) is 0 Å². The lowest BCUT2D eigenvalue weighted by atomic mass is 9.80. The molecule has 0 aromatic heterocycles. The van der Waals surface area contributed by atoms with E-state index < -0.39 is 0 Å². The number of nitrogens with two attached hydrogens (primary N) is 1. The molecule has 18 heavy (non-hydrogen) atoms. The minimum Gasteiger partial charge on any atom is -0.337 e. The Morgan fingerprint density at radius 3 is 2.33 bits per heavy atom. The summed E-state index contributed by atoms with van der Waals surface area (Å²) in [5.74, 6) is 1.23. The van der Waals surface area contributed by atoms with Crippen LogP contribution in [0.3, 0.4) is 0 Å². The van der Waals surface area contributed by atoms with E-state index in [0.717, 1.165) is 19.4 Å². The highest BCUT2D eigenvalue weighted by Crippen LogP contribution is 2.32. The van der Waals surface area contributed by atoms with Crippen molar-refractivity contribution in [2.45, 2.75) is 70.9 Å². The molecule has 2 unspecified atom stereocenters. The first-order valence-corrected chi connectivity index (χ1v) is 7.65. The average molecular weight is 252 g/mol. The van der Waals surface area contributed by atoms with Crippen LogP contribution in [0.2, 0.25) is 0 Å². The minimum absolute atomic E-state index is 0.246. The van der Waals surface area contributed by atoms with Gasteiger partial charge in [0.2, 0.25) is 5.91 Å². The van der Waals surface area contributed by atoms with Crippen LogP contribution in [0.1, 0.15) is 58.8 Å². The summed E-state index contributed by atoms with van der Waals surface area (Å²) in [5.41, 5.74) is 5.77. The molecule has 0 spiro atoms. The van der Waals surface area contributed by atoms with Crippen molar-refractivity contribution in [1.29, 1.82) is 0 Å². The zero-order valence-corrected chi connectivity index (χ0v) is 11.9. The summed E-state index contributed by atoms with van der Waals surface area (Å²) in [6.45, 7) is 5.16. The summed E-state index contributed by atoms with van der Waals surface area (Å²) in [6, 6.07) is 0.860. The van der Waals surface area contributed by atoms with Crippen molar-refractivity contribution in [2.24, 2.45) is 17.6 Å². The number of carbonyl (C=O) groups excluding carboxylic acids is 1. The van der Waals surface area contributed by atoms with Gasteiger partial charge in [-0.15, -0.1) is 0 Å². The van der Waals surface area contributed by atoms with Gasteiger partial charge in [-0.05, 0) is 64.8 Å². The lowest BCUT2D eigenvalue weighted by Crippen LogP contribution is -2.50. The third kappa shape index (κ3) is 2.87. The van der Waals surface area contributed by atoms with Gasteiger partial charge in [0.1, 0.15) is 0 Å². The molecule has 2 fully saturated rings. The van der Waals surface area contributed by atoms with Crippen molar-refractivity contribution in [2.75, 3.05) is 6.54 Å². The number of nitrogens with zero attached hydrogens (tertiary/aromatic N) is 1. The number of amides is 1. The number of likely N-dealkylation sites (tertiary alicyclic amines) is 1. The molecule has 104 valence electrons. The quantitative estimate of drug-likeness (QED) is 0.821. The van der Waals surface area contributed by atoms with Gasteiger partial charge in [0.05, 0.1) is 0 Å². The molecule has 1 saturated heterocycles. The van der Waals surface area contributed by atoms with Gasteiger partial charge in [-0.25, -0.2) is 0 Å². The Balaban J connectivity index is 2.00. The SMILES string of the molecule is C[C@@H]1CCC[C@H](C)N1C(=O)C1CCCC(CN)C1. The van der Waals surface area contributed by atoms with Crippen LogP contribution in [0.25, 0.3) is 0 Å². The molecule has 1 heterocycles. The topological polar surface area (TPSA) is 46.3 Å². The monoisotopic (exact) mass is 252 g/mol. The summed E-state index contributed by atoms with van der Waals surface area (Å²) >= 11 is 0. The summed E-state index contributed by atoms with van der Waals surface area (Å²) in [7, 11) is 0. The van der Waals surface area contributed by atoms with E-state index in [-0.39, 0.29) is 5.92 Å². The molecule has 0 bridgehead atoms. The number of piperidine rings is 1. The molecule has 4 atom stereocenters. The third-order valence-electron chi connectivity index (χ3n) is 4.91. The Bertz CT molecular complexity index is 282. The number of hydrogen-bond acceptors (Lipinski definition) is 2. The molecular weight excluding hydrogens is 224 g/mol. The van der Waals surface area contributed by atoms with Gasteiger partial charge in [0.25, 0.3) is 0 Å². The maximum absolute atomic E-state index is 12.7. The van der Waals surface area contributed by atoms with Gasteiger partial charge < -0.3 is 10.6 Å². The Morgan fingerprint density at radius 1 is 1.11 bits per heavy atom. The first kappa shape index (κ1) is 13.9. The summed E-state index contributed by atoms with van der Waals surface area (Å²) in [4.78, 5) is 14.9. The van der Waals surface area contributed by atoms with E-state index in [9.17, 15) is 4.79 Å². The maximum atomic E-state index is 12.7. The Hall–Kier alpha value is -0.570. The molecule has 1 amide bonds. The van der Waals surface area contributed by atoms with Gasteiger partial charge in [-0.1, -0.05) is 6.42 Å². The van der Waals surface area contributed by atoms with Gasteiger partial charge in [0.15, 0.2) is 0 Å². The van der Waals surface area contributed by atoms with E-state index in [1.54, 1.807) is 0 Å². The first-order valence-electron chi connectivity index (χ1n) is 7.65. The highest BCUT2D eigenvalue weighted by molar-refractivity contribution is 5.79. The van der Waals surface area contributed by atoms with Crippen molar-refractivity contribution < 1.29 is 4.79 Å². The number of hydrogen-bond donors (Lipinski definition) is 1. The van der Waals surface area contributed by atoms with Crippen LogP contribution in [-0.2, 0) is 4.79 Å². The zero-order valence-electron chi connectivity index (χ0n) is 11.9. The zero-order chi connectivity index (χ0) is 13.1. The Morgan fingerprint density at radius 2 is 1.72 bits per heavy atom. The normalized spacial score (nSPS) is 37.6. The molecule has 2 aliphatic rings. The number of carbonyl (C=O) groups is 1. The van der Waals surface area contributed by atoms with Crippen molar-refractivity contribution in [3.8, 4) is 0 Å². The van der Waals surface area contributed by atoms with Crippen LogP contribution < -0.4 is 5.73 Å². The van der Waals surface area contributed by atoms with E-state index >= 15 is 0 Å². The van der Waals surface area contributed by atoms with E-state index in [1.165, 1.54) is 32.1 Å². The van der Waals surface area contributed by atoms with Crippen molar-refractivity contribution in [3.63, 3.8) is 0 Å². The van der Waals surface area contributed by atoms with E-state index in [1.807, 2.05) is 0 Å². The molecule has 1 aliphatic carbocycles. The van der Waals surface area contributed by atoms with Crippen molar-refractivity contribution >= 4 is 5.91 Å². The fourth-order valence-corrected chi connectivity index (χ4v) is 3.80. The molecule has 0 aromatic rings. The number of rotatable bonds is 2. The van der Waals surface area contributed by atoms with Crippen LogP contribution >= 0.6 is 0 Å². The molecule has 2 N–H and O–H groups in total. The third-order valence-corrected chi connectivity index (χ3v) is 4.91. The summed E-state index contributed by atoms with van der Waals surface area (Å²) < 4.78 is 0. The van der Waals surface area contributed by atoms with Gasteiger partial charge in [0, 0.05) is 18.0 Å². The average Bonchev–Trinajstić information content (AvgIpc) is 2.38. The molecular formula is C15H28N2O. The maximum Gasteiger partial charge on any atom is 0.226 e. The van der Waals surface area contributed by atoms with Crippen molar-refractivity contribution in [1.82, 2.24) is 4.90 Å². The Kier molecular flexibility index (Phi) is 4.66. The standard InChI is InChI=1S/C15H28N2O/c1-11-5-3-6-12(2)17(11)15(18)14-8-4-7-13(9-14)10-16/h11-14H,3-10,16H2,1-2H3/t11-,12+,13?,14?. The van der Waals surface area contributed by atoms with Gasteiger partial charge >= 0.3 is 0 Å². The summed E-state index contributed by atoms with van der Waals surface area (Å²) in [5, 5.41) is 0. The predicted octanol–water partition coefficient (Wildman–Crippen LogP) is 2.54. The molecule has 1 saturated carbocycles. The summed E-state index contributed by atoms with van der Waals surface area (Å²) in [6.07, 6.45) is 8.09. The predicted molar refractivity (Wildman–Crippen MR) is 74.1 cm³/mol. The highest BCUT2D eigenvalue weighted by Gasteiger charge is 2.35. The van der Waals surface area contributed by atoms with Crippen LogP contribution in [0.4, 0.5) is 0 Å². The molecule has 0 radical (unpaired) electrons. The lowest BCUT2D eigenvalue weighted by molar-refractivity contribution is -0.143. The van der Waals surface area contributed by atoms with Crippen LogP contribution in [0.15, 0.2) is 0 Å². The molecule has 2 rings (SSSR count). The van der Waals surface area contributed by atoms with Gasteiger partial charge in [-0.3, -0.25) is 4.79 Å². The van der Waals surface area contributed by atoms with E-state index in [2.05, 4.69) is 18.7 Å². The lowest BCUT2D eigenvalue weighted by Gasteiger charge is -2.42. The van der Waals surface area contributed by atoms with Crippen LogP contribution in [0, 0.1) is 11.8 Å². The molecule has 3 nitrogen and oxygen atoms in total. The van der Waals surface area contributed by atoms with E-state index in [4.69, 9.17) is 5.73 Å². The smallest absolute Gasteiger partial charge is 0.226 e.